The average Bonchev–Trinajstić information content (AvgIpc) is 2.66. The molecule has 0 aliphatic heterocycles. The predicted octanol–water partition coefficient (Wildman–Crippen LogP) is 4.59. The highest BCUT2D eigenvalue weighted by atomic mass is 35.5. The van der Waals surface area contributed by atoms with Crippen molar-refractivity contribution in [3.63, 3.8) is 0 Å². The van der Waals surface area contributed by atoms with Crippen molar-refractivity contribution >= 4 is 17.4 Å². The maximum atomic E-state index is 13.7. The summed E-state index contributed by atoms with van der Waals surface area (Å²) in [7, 11) is 0. The molecule has 3 rings (SSSR count). The number of aromatic nitrogens is 1. The van der Waals surface area contributed by atoms with Crippen LogP contribution in [0.3, 0.4) is 0 Å². The first-order chi connectivity index (χ1) is 12.7. The van der Waals surface area contributed by atoms with Gasteiger partial charge in [-0.05, 0) is 36.4 Å². The lowest BCUT2D eigenvalue weighted by Crippen LogP contribution is -2.20. The summed E-state index contributed by atoms with van der Waals surface area (Å²) >= 11 is 5.85. The fourth-order valence-corrected chi connectivity index (χ4v) is 2.34. The molecule has 5 nitrogen and oxygen atoms in total. The third-order valence-corrected chi connectivity index (χ3v) is 3.77. The molecule has 0 aliphatic carbocycles. The summed E-state index contributed by atoms with van der Waals surface area (Å²) < 4.78 is 19.3. The van der Waals surface area contributed by atoms with Crippen molar-refractivity contribution in [2.75, 3.05) is 0 Å². The van der Waals surface area contributed by atoms with Gasteiger partial charge in [-0.1, -0.05) is 29.8 Å². The van der Waals surface area contributed by atoms with Crippen LogP contribution in [0.4, 0.5) is 4.39 Å². The molecule has 7 heteroatoms. The van der Waals surface area contributed by atoms with Crippen LogP contribution in [-0.4, -0.2) is 16.0 Å². The van der Waals surface area contributed by atoms with Crippen LogP contribution in [0, 0.1) is 5.82 Å². The van der Waals surface area contributed by atoms with E-state index in [1.54, 1.807) is 54.6 Å². The minimum Gasteiger partial charge on any atom is -0.439 e. The molecule has 132 valence electrons. The Bertz CT molecular complexity index is 917. The zero-order valence-corrected chi connectivity index (χ0v) is 14.3. The maximum absolute atomic E-state index is 13.7. The van der Waals surface area contributed by atoms with Crippen LogP contribution < -0.4 is 10.2 Å². The highest BCUT2D eigenvalue weighted by Crippen LogP contribution is 2.22. The molecular formula is C19H15ClFN3O2. The Morgan fingerprint density at radius 3 is 2.65 bits per heavy atom. The molecule has 0 aliphatic rings. The molecule has 0 unspecified atom stereocenters. The number of halogens is 2. The Hall–Kier alpha value is -2.96. The summed E-state index contributed by atoms with van der Waals surface area (Å²) in [5, 5.41) is 9.99. The van der Waals surface area contributed by atoms with Crippen LogP contribution in [-0.2, 0) is 6.54 Å². The molecule has 0 fully saturated rings. The Balaban J connectivity index is 1.79. The van der Waals surface area contributed by atoms with Gasteiger partial charge < -0.3 is 4.74 Å². The number of rotatable bonds is 5. The summed E-state index contributed by atoms with van der Waals surface area (Å²) in [4.78, 5) is 8.34. The van der Waals surface area contributed by atoms with Crippen molar-refractivity contribution in [1.82, 2.24) is 10.5 Å². The standard InChI is InChI=1S/C19H15ClFN3O2/c20-15-5-7-16(8-6-15)26-18-11-13(9-10-22-18)19(24-25)23-12-14-3-1-2-4-17(14)21/h1-11,25H,12H2,(H,23,24). The third kappa shape index (κ3) is 4.56. The van der Waals surface area contributed by atoms with Gasteiger partial charge in [0.1, 0.15) is 11.6 Å². The second-order valence-corrected chi connectivity index (χ2v) is 5.74. The van der Waals surface area contributed by atoms with Gasteiger partial charge in [-0.3, -0.25) is 15.7 Å². The van der Waals surface area contributed by atoms with Gasteiger partial charge in [-0.15, -0.1) is 0 Å². The third-order valence-electron chi connectivity index (χ3n) is 3.52. The van der Waals surface area contributed by atoms with E-state index < -0.39 is 0 Å². The molecule has 0 atom stereocenters. The number of hydrogen-bond donors (Lipinski definition) is 2. The minimum absolute atomic E-state index is 0.0747. The molecular weight excluding hydrogens is 357 g/mol. The fraction of sp³-hybridized carbons (Fsp3) is 0.0526. The zero-order valence-electron chi connectivity index (χ0n) is 13.6. The number of nitrogens with one attached hydrogen (secondary N) is 1. The molecule has 0 radical (unpaired) electrons. The molecule has 0 bridgehead atoms. The van der Waals surface area contributed by atoms with E-state index in [2.05, 4.69) is 9.98 Å². The van der Waals surface area contributed by atoms with Gasteiger partial charge in [-0.25, -0.2) is 9.37 Å². The van der Waals surface area contributed by atoms with E-state index in [9.17, 15) is 9.60 Å². The van der Waals surface area contributed by atoms with Gasteiger partial charge in [0.25, 0.3) is 0 Å². The topological polar surface area (TPSA) is 66.7 Å². The number of hydroxylamine groups is 1. The van der Waals surface area contributed by atoms with Crippen LogP contribution >= 0.6 is 11.6 Å². The number of ether oxygens (including phenoxy) is 1. The van der Waals surface area contributed by atoms with Crippen molar-refractivity contribution in [2.24, 2.45) is 4.99 Å². The quantitative estimate of drug-likeness (QED) is 0.391. The van der Waals surface area contributed by atoms with Crippen LogP contribution in [0.2, 0.25) is 5.02 Å². The molecule has 2 aromatic carbocycles. The molecule has 0 saturated carbocycles. The number of amidine groups is 1. The predicted molar refractivity (Wildman–Crippen MR) is 97.3 cm³/mol. The average molecular weight is 372 g/mol. The van der Waals surface area contributed by atoms with E-state index >= 15 is 0 Å². The van der Waals surface area contributed by atoms with E-state index in [1.165, 1.54) is 12.3 Å². The molecule has 0 amide bonds. The number of pyridine rings is 1. The number of nitrogens with zero attached hydrogens (tertiary/aromatic N) is 2. The Morgan fingerprint density at radius 1 is 1.15 bits per heavy atom. The smallest absolute Gasteiger partial charge is 0.219 e. The zero-order chi connectivity index (χ0) is 18.4. The second-order valence-electron chi connectivity index (χ2n) is 5.31. The van der Waals surface area contributed by atoms with Gasteiger partial charge in [0, 0.05) is 28.4 Å². The highest BCUT2D eigenvalue weighted by molar-refractivity contribution is 6.30. The molecule has 2 N–H and O–H groups in total. The lowest BCUT2D eigenvalue weighted by Gasteiger charge is -2.09. The maximum Gasteiger partial charge on any atom is 0.219 e. The van der Waals surface area contributed by atoms with Gasteiger partial charge in [-0.2, -0.15) is 0 Å². The van der Waals surface area contributed by atoms with E-state index in [0.29, 0.717) is 27.8 Å². The first-order valence-corrected chi connectivity index (χ1v) is 8.11. The molecule has 0 spiro atoms. The van der Waals surface area contributed by atoms with Crippen LogP contribution in [0.1, 0.15) is 11.1 Å². The molecule has 1 aromatic heterocycles. The Morgan fingerprint density at radius 2 is 1.92 bits per heavy atom. The van der Waals surface area contributed by atoms with Crippen LogP contribution in [0.5, 0.6) is 11.6 Å². The molecule has 1 heterocycles. The normalized spacial score (nSPS) is 11.3. The Kier molecular flexibility index (Phi) is 5.78. The summed E-state index contributed by atoms with van der Waals surface area (Å²) in [5.74, 6) is 0.714. The lowest BCUT2D eigenvalue weighted by molar-refractivity contribution is 0.234. The highest BCUT2D eigenvalue weighted by Gasteiger charge is 2.07. The van der Waals surface area contributed by atoms with E-state index in [4.69, 9.17) is 16.3 Å². The summed E-state index contributed by atoms with van der Waals surface area (Å²) in [6.07, 6.45) is 1.52. The number of aliphatic imine (C=N–C) groups is 1. The first-order valence-electron chi connectivity index (χ1n) is 7.73. The Labute approximate surface area is 154 Å². The minimum atomic E-state index is -0.352. The van der Waals surface area contributed by atoms with Crippen molar-refractivity contribution in [3.8, 4) is 11.6 Å². The van der Waals surface area contributed by atoms with E-state index in [-0.39, 0.29) is 18.2 Å². The van der Waals surface area contributed by atoms with Crippen molar-refractivity contribution in [2.45, 2.75) is 6.54 Å². The van der Waals surface area contributed by atoms with Crippen LogP contribution in [0.15, 0.2) is 71.9 Å². The van der Waals surface area contributed by atoms with Crippen molar-refractivity contribution in [3.05, 3.63) is 88.8 Å². The molecule has 0 saturated heterocycles. The van der Waals surface area contributed by atoms with E-state index in [0.717, 1.165) is 0 Å². The molecule has 26 heavy (non-hydrogen) atoms. The second kappa shape index (κ2) is 8.42. The monoisotopic (exact) mass is 371 g/mol. The van der Waals surface area contributed by atoms with Gasteiger partial charge in [0.15, 0.2) is 5.84 Å². The summed E-state index contributed by atoms with van der Waals surface area (Å²) in [5.41, 5.74) is 3.00. The number of benzene rings is 2. The lowest BCUT2D eigenvalue weighted by atomic mass is 10.2. The van der Waals surface area contributed by atoms with Crippen LogP contribution in [0.25, 0.3) is 0 Å². The molecule has 3 aromatic rings. The van der Waals surface area contributed by atoms with Crippen molar-refractivity contribution in [1.29, 1.82) is 0 Å². The van der Waals surface area contributed by atoms with Gasteiger partial charge >= 0.3 is 0 Å². The van der Waals surface area contributed by atoms with E-state index in [1.807, 2.05) is 5.48 Å². The SMILES string of the molecule is ONC(=NCc1ccccc1F)c1ccnc(Oc2ccc(Cl)cc2)c1. The fourth-order valence-electron chi connectivity index (χ4n) is 2.22. The largest absolute Gasteiger partial charge is 0.439 e. The first kappa shape index (κ1) is 17.8. The van der Waals surface area contributed by atoms with Gasteiger partial charge in [0.2, 0.25) is 5.88 Å². The van der Waals surface area contributed by atoms with Crippen molar-refractivity contribution < 1.29 is 14.3 Å². The van der Waals surface area contributed by atoms with Gasteiger partial charge in [0.05, 0.1) is 6.54 Å². The summed E-state index contributed by atoms with van der Waals surface area (Å²) in [6, 6.07) is 16.4. The number of hydrogen-bond acceptors (Lipinski definition) is 4. The summed E-state index contributed by atoms with van der Waals surface area (Å²) in [6.45, 7) is 0.0747.